The fourth-order valence-corrected chi connectivity index (χ4v) is 3.32. The monoisotopic (exact) mass is 381 g/mol. The third kappa shape index (κ3) is 5.28. The van der Waals surface area contributed by atoms with Crippen LogP contribution in [0.5, 0.6) is 11.5 Å². The number of amides is 2. The standard InChI is InChI=1S/C18H27N3O4S/c1-24-15-6-4-5-13(17(15)25-2)12-21-9-7-20-18(23)14(21)11-16(22)19-8-10-26-3/h4-6,14H,7-12H2,1-3H3,(H,19,22)(H,20,23)/t14-/m1/s1. The Morgan fingerprint density at radius 2 is 2.19 bits per heavy atom. The van der Waals surface area contributed by atoms with Gasteiger partial charge in [0.25, 0.3) is 0 Å². The summed E-state index contributed by atoms with van der Waals surface area (Å²) in [6.07, 6.45) is 2.14. The first kappa shape index (κ1) is 20.4. The Kier molecular flexibility index (Phi) is 8.06. The number of nitrogens with zero attached hydrogens (tertiary/aromatic N) is 1. The van der Waals surface area contributed by atoms with Crippen LogP contribution in [0.2, 0.25) is 0 Å². The van der Waals surface area contributed by atoms with Crippen molar-refractivity contribution in [3.63, 3.8) is 0 Å². The van der Waals surface area contributed by atoms with Gasteiger partial charge < -0.3 is 20.1 Å². The van der Waals surface area contributed by atoms with Gasteiger partial charge >= 0.3 is 0 Å². The van der Waals surface area contributed by atoms with Crippen molar-refractivity contribution in [3.8, 4) is 11.5 Å². The third-order valence-electron chi connectivity index (χ3n) is 4.31. The highest BCUT2D eigenvalue weighted by Crippen LogP contribution is 2.32. The predicted molar refractivity (Wildman–Crippen MR) is 103 cm³/mol. The smallest absolute Gasteiger partial charge is 0.237 e. The van der Waals surface area contributed by atoms with Gasteiger partial charge in [-0.2, -0.15) is 11.8 Å². The molecule has 2 N–H and O–H groups in total. The number of carbonyl (C=O) groups excluding carboxylic acids is 2. The zero-order valence-electron chi connectivity index (χ0n) is 15.5. The Morgan fingerprint density at radius 1 is 1.38 bits per heavy atom. The second-order valence-electron chi connectivity index (χ2n) is 5.98. The number of hydrogen-bond acceptors (Lipinski definition) is 6. The van der Waals surface area contributed by atoms with Crippen molar-refractivity contribution in [2.24, 2.45) is 0 Å². The lowest BCUT2D eigenvalue weighted by atomic mass is 10.1. The Balaban J connectivity index is 2.10. The van der Waals surface area contributed by atoms with Crippen LogP contribution in [0, 0.1) is 0 Å². The molecule has 0 unspecified atom stereocenters. The topological polar surface area (TPSA) is 79.9 Å². The van der Waals surface area contributed by atoms with Crippen LogP contribution in [0.15, 0.2) is 18.2 Å². The van der Waals surface area contributed by atoms with E-state index in [1.165, 1.54) is 0 Å². The van der Waals surface area contributed by atoms with Gasteiger partial charge in [0.1, 0.15) is 0 Å². The molecule has 2 amide bonds. The summed E-state index contributed by atoms with van der Waals surface area (Å²) in [5.41, 5.74) is 0.925. The summed E-state index contributed by atoms with van der Waals surface area (Å²) in [6.45, 7) is 2.36. The molecule has 1 saturated heterocycles. The number of methoxy groups -OCH3 is 2. The fourth-order valence-electron chi connectivity index (χ4n) is 3.01. The molecular formula is C18H27N3O4S. The number of rotatable bonds is 9. The molecule has 1 atom stereocenters. The molecule has 0 spiro atoms. The van der Waals surface area contributed by atoms with Crippen molar-refractivity contribution >= 4 is 23.6 Å². The molecule has 1 fully saturated rings. The normalized spacial score (nSPS) is 17.5. The average molecular weight is 381 g/mol. The molecule has 0 bridgehead atoms. The summed E-state index contributed by atoms with van der Waals surface area (Å²) in [7, 11) is 3.19. The average Bonchev–Trinajstić information content (AvgIpc) is 2.64. The Bertz CT molecular complexity index is 626. The van der Waals surface area contributed by atoms with Crippen molar-refractivity contribution in [1.29, 1.82) is 0 Å². The van der Waals surface area contributed by atoms with Crippen molar-refractivity contribution in [2.75, 3.05) is 45.9 Å². The third-order valence-corrected chi connectivity index (χ3v) is 4.92. The fraction of sp³-hybridized carbons (Fsp3) is 0.556. The number of thioether (sulfide) groups is 1. The van der Waals surface area contributed by atoms with Crippen LogP contribution in [0.4, 0.5) is 0 Å². The molecule has 144 valence electrons. The molecule has 0 aromatic heterocycles. The second-order valence-corrected chi connectivity index (χ2v) is 6.96. The molecule has 0 radical (unpaired) electrons. The van der Waals surface area contributed by atoms with Crippen molar-refractivity contribution < 1.29 is 19.1 Å². The van der Waals surface area contributed by atoms with Gasteiger partial charge in [-0.05, 0) is 12.3 Å². The van der Waals surface area contributed by atoms with Crippen molar-refractivity contribution in [1.82, 2.24) is 15.5 Å². The number of piperazine rings is 1. The van der Waals surface area contributed by atoms with Gasteiger partial charge in [0.05, 0.1) is 26.7 Å². The molecule has 1 aliphatic heterocycles. The molecule has 2 rings (SSSR count). The summed E-state index contributed by atoms with van der Waals surface area (Å²) in [4.78, 5) is 26.5. The maximum atomic E-state index is 12.3. The SMILES string of the molecule is COc1cccc(CN2CCNC(=O)[C@H]2CC(=O)NCCSC)c1OC. The van der Waals surface area contributed by atoms with Crippen LogP contribution >= 0.6 is 11.8 Å². The van der Waals surface area contributed by atoms with E-state index in [1.807, 2.05) is 29.4 Å². The maximum Gasteiger partial charge on any atom is 0.237 e. The number of nitrogens with one attached hydrogen (secondary N) is 2. The maximum absolute atomic E-state index is 12.3. The Morgan fingerprint density at radius 3 is 2.88 bits per heavy atom. The highest BCUT2D eigenvalue weighted by molar-refractivity contribution is 7.98. The molecule has 1 aliphatic rings. The van der Waals surface area contributed by atoms with Gasteiger partial charge in [0.2, 0.25) is 11.8 Å². The van der Waals surface area contributed by atoms with E-state index >= 15 is 0 Å². The van der Waals surface area contributed by atoms with E-state index in [4.69, 9.17) is 9.47 Å². The summed E-state index contributed by atoms with van der Waals surface area (Å²) in [5.74, 6) is 1.94. The highest BCUT2D eigenvalue weighted by Gasteiger charge is 2.32. The quantitative estimate of drug-likeness (QED) is 0.618. The highest BCUT2D eigenvalue weighted by atomic mass is 32.2. The van der Waals surface area contributed by atoms with Crippen LogP contribution in [0.25, 0.3) is 0 Å². The van der Waals surface area contributed by atoms with E-state index in [-0.39, 0.29) is 18.2 Å². The van der Waals surface area contributed by atoms with E-state index in [1.54, 1.807) is 26.0 Å². The first-order chi connectivity index (χ1) is 12.6. The van der Waals surface area contributed by atoms with Gasteiger partial charge in [-0.3, -0.25) is 14.5 Å². The lowest BCUT2D eigenvalue weighted by Gasteiger charge is -2.35. The van der Waals surface area contributed by atoms with Gasteiger partial charge in [-0.1, -0.05) is 12.1 Å². The van der Waals surface area contributed by atoms with E-state index in [0.29, 0.717) is 37.7 Å². The minimum atomic E-state index is -0.492. The van der Waals surface area contributed by atoms with E-state index in [2.05, 4.69) is 10.6 Å². The van der Waals surface area contributed by atoms with Gasteiger partial charge in [-0.15, -0.1) is 0 Å². The van der Waals surface area contributed by atoms with Gasteiger partial charge in [0.15, 0.2) is 11.5 Å². The molecule has 0 aliphatic carbocycles. The zero-order chi connectivity index (χ0) is 18.9. The minimum Gasteiger partial charge on any atom is -0.493 e. The summed E-state index contributed by atoms with van der Waals surface area (Å²) in [5, 5.41) is 5.72. The van der Waals surface area contributed by atoms with Crippen molar-refractivity contribution in [3.05, 3.63) is 23.8 Å². The summed E-state index contributed by atoms with van der Waals surface area (Å²) < 4.78 is 10.8. The van der Waals surface area contributed by atoms with Crippen LogP contribution in [0.1, 0.15) is 12.0 Å². The largest absolute Gasteiger partial charge is 0.493 e. The first-order valence-corrected chi connectivity index (χ1v) is 9.97. The van der Waals surface area contributed by atoms with Crippen LogP contribution < -0.4 is 20.1 Å². The summed E-state index contributed by atoms with van der Waals surface area (Å²) in [6, 6.07) is 5.19. The molecule has 0 saturated carbocycles. The molecular weight excluding hydrogens is 354 g/mol. The van der Waals surface area contributed by atoms with Crippen LogP contribution in [0.3, 0.4) is 0 Å². The molecule has 1 aromatic carbocycles. The predicted octanol–water partition coefficient (Wildman–Crippen LogP) is 0.874. The number of hydrogen-bond donors (Lipinski definition) is 2. The molecule has 26 heavy (non-hydrogen) atoms. The van der Waals surface area contributed by atoms with Gasteiger partial charge in [-0.25, -0.2) is 0 Å². The number of benzene rings is 1. The van der Waals surface area contributed by atoms with E-state index < -0.39 is 6.04 Å². The molecule has 8 heteroatoms. The van der Waals surface area contributed by atoms with Gasteiger partial charge in [0, 0.05) is 37.5 Å². The molecule has 1 heterocycles. The molecule has 7 nitrogen and oxygen atoms in total. The lowest BCUT2D eigenvalue weighted by Crippen LogP contribution is -2.56. The van der Waals surface area contributed by atoms with Crippen molar-refractivity contribution in [2.45, 2.75) is 19.0 Å². The lowest BCUT2D eigenvalue weighted by molar-refractivity contribution is -0.134. The van der Waals surface area contributed by atoms with Crippen LogP contribution in [-0.4, -0.2) is 68.6 Å². The second kappa shape index (κ2) is 10.3. The molecule has 1 aromatic rings. The number of para-hydroxylation sites is 1. The first-order valence-electron chi connectivity index (χ1n) is 8.58. The van der Waals surface area contributed by atoms with E-state index in [0.717, 1.165) is 11.3 Å². The zero-order valence-corrected chi connectivity index (χ0v) is 16.4. The number of ether oxygens (including phenoxy) is 2. The minimum absolute atomic E-state index is 0.108. The van der Waals surface area contributed by atoms with Crippen LogP contribution in [-0.2, 0) is 16.1 Å². The Hall–Kier alpha value is -1.93. The summed E-state index contributed by atoms with van der Waals surface area (Å²) >= 11 is 1.67. The number of carbonyl (C=O) groups is 2. The van der Waals surface area contributed by atoms with E-state index in [9.17, 15) is 9.59 Å². The Labute approximate surface area is 158 Å².